The van der Waals surface area contributed by atoms with Crippen LogP contribution in [0.2, 0.25) is 0 Å². The van der Waals surface area contributed by atoms with Crippen LogP contribution in [0, 0.1) is 0 Å². The predicted octanol–water partition coefficient (Wildman–Crippen LogP) is 1.26. The molecule has 0 fully saturated rings. The van der Waals surface area contributed by atoms with Crippen molar-refractivity contribution in [2.24, 2.45) is 0 Å². The molecule has 0 spiro atoms. The predicted molar refractivity (Wildman–Crippen MR) is 82.3 cm³/mol. The maximum Gasteiger partial charge on any atom is 0.254 e. The normalized spacial score (nSPS) is 10.3. The molecule has 0 saturated heterocycles. The van der Waals surface area contributed by atoms with Crippen molar-refractivity contribution in [2.75, 3.05) is 25.9 Å². The zero-order valence-corrected chi connectivity index (χ0v) is 13.0. The number of nitrogen functional groups attached to an aromatic ring is 1. The van der Waals surface area contributed by atoms with E-state index in [1.165, 1.54) is 12.0 Å². The Labute approximate surface area is 125 Å². The minimum atomic E-state index is -0.231. The monoisotopic (exact) mass is 293 g/mol. The second-order valence-electron chi connectivity index (χ2n) is 5.00. The molecule has 21 heavy (non-hydrogen) atoms. The van der Waals surface area contributed by atoms with Crippen LogP contribution < -0.4 is 15.8 Å². The summed E-state index contributed by atoms with van der Waals surface area (Å²) in [6.07, 6.45) is 0. The van der Waals surface area contributed by atoms with Crippen LogP contribution in [0.25, 0.3) is 0 Å². The van der Waals surface area contributed by atoms with Gasteiger partial charge in [-0.15, -0.1) is 0 Å². The van der Waals surface area contributed by atoms with E-state index in [-0.39, 0.29) is 24.4 Å². The van der Waals surface area contributed by atoms with E-state index >= 15 is 0 Å². The number of nitrogens with zero attached hydrogens (tertiary/aromatic N) is 1. The van der Waals surface area contributed by atoms with Gasteiger partial charge in [0.25, 0.3) is 5.91 Å². The number of ether oxygens (including phenoxy) is 1. The minimum Gasteiger partial charge on any atom is -0.495 e. The second kappa shape index (κ2) is 7.52. The smallest absolute Gasteiger partial charge is 0.254 e. The Morgan fingerprint density at radius 3 is 2.52 bits per heavy atom. The first-order valence-electron chi connectivity index (χ1n) is 6.91. The lowest BCUT2D eigenvalue weighted by atomic mass is 10.1. The number of benzene rings is 1. The van der Waals surface area contributed by atoms with Crippen LogP contribution in [0.1, 0.15) is 31.1 Å². The van der Waals surface area contributed by atoms with Gasteiger partial charge in [-0.25, -0.2) is 0 Å². The molecular formula is C15H23N3O3. The van der Waals surface area contributed by atoms with E-state index in [0.29, 0.717) is 23.5 Å². The van der Waals surface area contributed by atoms with Crippen molar-refractivity contribution in [3.63, 3.8) is 0 Å². The standard InChI is InChI=1S/C15H23N3O3/c1-5-18(9-14(19)17-10(2)3)15(20)11-6-7-13(21-4)12(16)8-11/h6-8,10H,5,9,16H2,1-4H3,(H,17,19). The van der Waals surface area contributed by atoms with Crippen LogP contribution in [-0.4, -0.2) is 43.0 Å². The average Bonchev–Trinajstić information content (AvgIpc) is 2.43. The number of carbonyl (C=O) groups is 2. The molecule has 3 N–H and O–H groups in total. The molecule has 0 bridgehead atoms. The molecule has 1 aromatic rings. The van der Waals surface area contributed by atoms with Crippen molar-refractivity contribution in [3.8, 4) is 5.75 Å². The molecule has 0 saturated carbocycles. The lowest BCUT2D eigenvalue weighted by molar-refractivity contribution is -0.122. The van der Waals surface area contributed by atoms with E-state index in [0.717, 1.165) is 0 Å². The highest BCUT2D eigenvalue weighted by atomic mass is 16.5. The van der Waals surface area contributed by atoms with Gasteiger partial charge in [0.05, 0.1) is 19.3 Å². The molecule has 0 aliphatic rings. The van der Waals surface area contributed by atoms with E-state index in [4.69, 9.17) is 10.5 Å². The van der Waals surface area contributed by atoms with E-state index < -0.39 is 0 Å². The van der Waals surface area contributed by atoms with Gasteiger partial charge < -0.3 is 20.7 Å². The lowest BCUT2D eigenvalue weighted by Gasteiger charge is -2.21. The van der Waals surface area contributed by atoms with Gasteiger partial charge in [-0.1, -0.05) is 0 Å². The topological polar surface area (TPSA) is 84.7 Å². The summed E-state index contributed by atoms with van der Waals surface area (Å²) in [7, 11) is 1.52. The molecule has 0 aliphatic carbocycles. The highest BCUT2D eigenvalue weighted by Crippen LogP contribution is 2.22. The third-order valence-electron chi connectivity index (χ3n) is 2.93. The zero-order valence-electron chi connectivity index (χ0n) is 13.0. The van der Waals surface area contributed by atoms with Gasteiger partial charge in [0.15, 0.2) is 0 Å². The minimum absolute atomic E-state index is 0.0272. The van der Waals surface area contributed by atoms with Crippen LogP contribution in [0.15, 0.2) is 18.2 Å². The molecule has 0 radical (unpaired) electrons. The van der Waals surface area contributed by atoms with Gasteiger partial charge >= 0.3 is 0 Å². The van der Waals surface area contributed by atoms with Gasteiger partial charge in [-0.05, 0) is 39.0 Å². The third kappa shape index (κ3) is 4.66. The van der Waals surface area contributed by atoms with Crippen LogP contribution in [0.4, 0.5) is 5.69 Å². The Balaban J connectivity index is 2.83. The van der Waals surface area contributed by atoms with Crippen LogP contribution >= 0.6 is 0 Å². The molecule has 2 amide bonds. The Hall–Kier alpha value is -2.24. The molecule has 0 heterocycles. The first-order valence-corrected chi connectivity index (χ1v) is 6.91. The van der Waals surface area contributed by atoms with Crippen molar-refractivity contribution < 1.29 is 14.3 Å². The molecule has 0 aromatic heterocycles. The number of hydrogen-bond donors (Lipinski definition) is 2. The lowest BCUT2D eigenvalue weighted by Crippen LogP contribution is -2.42. The number of rotatable bonds is 6. The van der Waals surface area contributed by atoms with Crippen LogP contribution in [-0.2, 0) is 4.79 Å². The zero-order chi connectivity index (χ0) is 16.0. The fourth-order valence-electron chi connectivity index (χ4n) is 1.92. The number of nitrogens with one attached hydrogen (secondary N) is 1. The molecule has 6 nitrogen and oxygen atoms in total. The van der Waals surface area contributed by atoms with Gasteiger partial charge in [0, 0.05) is 18.2 Å². The maximum atomic E-state index is 12.4. The van der Waals surface area contributed by atoms with Gasteiger partial charge in [0.2, 0.25) is 5.91 Å². The number of methoxy groups -OCH3 is 1. The SMILES string of the molecule is CCN(CC(=O)NC(C)C)C(=O)c1ccc(OC)c(N)c1. The van der Waals surface area contributed by atoms with Crippen molar-refractivity contribution in [3.05, 3.63) is 23.8 Å². The Kier molecular flexibility index (Phi) is 6.02. The molecule has 1 aromatic carbocycles. The van der Waals surface area contributed by atoms with E-state index in [1.807, 2.05) is 20.8 Å². The van der Waals surface area contributed by atoms with Gasteiger partial charge in [-0.2, -0.15) is 0 Å². The van der Waals surface area contributed by atoms with Crippen LogP contribution in [0.3, 0.4) is 0 Å². The fraction of sp³-hybridized carbons (Fsp3) is 0.467. The first kappa shape index (κ1) is 16.8. The van der Waals surface area contributed by atoms with Crippen molar-refractivity contribution in [1.82, 2.24) is 10.2 Å². The fourth-order valence-corrected chi connectivity index (χ4v) is 1.92. The first-order chi connectivity index (χ1) is 9.88. The highest BCUT2D eigenvalue weighted by Gasteiger charge is 2.18. The summed E-state index contributed by atoms with van der Waals surface area (Å²) in [6, 6.07) is 4.89. The number of carbonyl (C=O) groups excluding carboxylic acids is 2. The van der Waals surface area contributed by atoms with E-state index in [9.17, 15) is 9.59 Å². The maximum absolute atomic E-state index is 12.4. The summed E-state index contributed by atoms with van der Waals surface area (Å²) in [6.45, 7) is 6.05. The molecule has 6 heteroatoms. The van der Waals surface area contributed by atoms with Crippen LogP contribution in [0.5, 0.6) is 5.75 Å². The summed E-state index contributed by atoms with van der Waals surface area (Å²) in [4.78, 5) is 25.6. The quantitative estimate of drug-likeness (QED) is 0.773. The largest absolute Gasteiger partial charge is 0.495 e. The van der Waals surface area contributed by atoms with E-state index in [1.54, 1.807) is 18.2 Å². The van der Waals surface area contributed by atoms with Gasteiger partial charge in [-0.3, -0.25) is 9.59 Å². The second-order valence-corrected chi connectivity index (χ2v) is 5.00. The molecule has 0 aliphatic heterocycles. The number of amides is 2. The number of hydrogen-bond acceptors (Lipinski definition) is 4. The summed E-state index contributed by atoms with van der Waals surface area (Å²) >= 11 is 0. The highest BCUT2D eigenvalue weighted by molar-refractivity contribution is 5.97. The van der Waals surface area contributed by atoms with Gasteiger partial charge in [0.1, 0.15) is 5.75 Å². The molecule has 1 rings (SSSR count). The number of likely N-dealkylation sites (N-methyl/N-ethyl adjacent to an activating group) is 1. The summed E-state index contributed by atoms with van der Waals surface area (Å²) in [5, 5.41) is 2.77. The number of nitrogens with two attached hydrogens (primary N) is 1. The number of anilines is 1. The molecule has 0 unspecified atom stereocenters. The van der Waals surface area contributed by atoms with E-state index in [2.05, 4.69) is 5.32 Å². The molecule has 0 atom stereocenters. The van der Waals surface area contributed by atoms with Crippen molar-refractivity contribution >= 4 is 17.5 Å². The molecular weight excluding hydrogens is 270 g/mol. The summed E-state index contributed by atoms with van der Waals surface area (Å²) in [5.74, 6) is 0.111. The van der Waals surface area contributed by atoms with Crippen molar-refractivity contribution in [1.29, 1.82) is 0 Å². The Morgan fingerprint density at radius 2 is 2.05 bits per heavy atom. The third-order valence-corrected chi connectivity index (χ3v) is 2.93. The summed E-state index contributed by atoms with van der Waals surface area (Å²) < 4.78 is 5.06. The summed E-state index contributed by atoms with van der Waals surface area (Å²) in [5.41, 5.74) is 6.64. The Morgan fingerprint density at radius 1 is 1.38 bits per heavy atom. The average molecular weight is 293 g/mol. The molecule has 116 valence electrons. The van der Waals surface area contributed by atoms with Crippen molar-refractivity contribution in [2.45, 2.75) is 26.8 Å². The Bertz CT molecular complexity index is 515.